The highest BCUT2D eigenvalue weighted by Crippen LogP contribution is 2.36. The molecule has 1 amide bonds. The summed E-state index contributed by atoms with van der Waals surface area (Å²) in [6.45, 7) is 4.56. The molecule has 4 rings (SSSR count). The first-order chi connectivity index (χ1) is 15.9. The lowest BCUT2D eigenvalue weighted by Gasteiger charge is -2.26. The second kappa shape index (κ2) is 10.8. The van der Waals surface area contributed by atoms with Gasteiger partial charge in [0, 0.05) is 43.5 Å². The number of hydrogen-bond acceptors (Lipinski definition) is 5. The Morgan fingerprint density at radius 2 is 1.88 bits per heavy atom. The Balaban J connectivity index is 1.55. The molecule has 0 saturated carbocycles. The van der Waals surface area contributed by atoms with Gasteiger partial charge in [0.1, 0.15) is 12.4 Å². The summed E-state index contributed by atoms with van der Waals surface area (Å²) < 4.78 is 13.2. The zero-order chi connectivity index (χ0) is 23.4. The van der Waals surface area contributed by atoms with Gasteiger partial charge < -0.3 is 14.8 Å². The minimum absolute atomic E-state index is 0.309. The minimum Gasteiger partial charge on any atom is -0.492 e. The van der Waals surface area contributed by atoms with Gasteiger partial charge in [-0.3, -0.25) is 14.4 Å². The number of morpholine rings is 1. The van der Waals surface area contributed by atoms with Crippen LogP contribution >= 0.6 is 34.8 Å². The number of carbonyl (C=O) groups excluding carboxylic acids is 1. The van der Waals surface area contributed by atoms with E-state index in [-0.39, 0.29) is 5.91 Å². The fraction of sp³-hybridized carbons (Fsp3) is 0.304. The standard InChI is InChI=1S/C23H23Cl3N4O3/c1-29-22(20(26)14-27-29)17-13-16(28-23(31)15-2-4-18(24)19(25)12-15)3-5-21(17)33-11-8-30-6-9-32-10-7-30/h2-5,12-14H,6-11H2,1H3,(H,28,31). The first kappa shape index (κ1) is 23.9. The highest BCUT2D eigenvalue weighted by molar-refractivity contribution is 6.42. The van der Waals surface area contributed by atoms with Crippen LogP contribution in [0.5, 0.6) is 5.75 Å². The summed E-state index contributed by atoms with van der Waals surface area (Å²) in [5.74, 6) is 0.345. The molecule has 2 aromatic carbocycles. The number of anilines is 1. The molecule has 0 atom stereocenters. The van der Waals surface area contributed by atoms with Crippen molar-refractivity contribution in [2.75, 3.05) is 44.8 Å². The van der Waals surface area contributed by atoms with Crippen LogP contribution in [0.3, 0.4) is 0 Å². The molecule has 3 aromatic rings. The third-order valence-electron chi connectivity index (χ3n) is 5.34. The monoisotopic (exact) mass is 508 g/mol. The van der Waals surface area contributed by atoms with Gasteiger partial charge in [0.2, 0.25) is 0 Å². The summed E-state index contributed by atoms with van der Waals surface area (Å²) in [6.07, 6.45) is 1.58. The number of ether oxygens (including phenoxy) is 2. The van der Waals surface area contributed by atoms with Gasteiger partial charge in [-0.15, -0.1) is 0 Å². The van der Waals surface area contributed by atoms with Crippen molar-refractivity contribution in [3.05, 3.63) is 63.2 Å². The zero-order valence-corrected chi connectivity index (χ0v) is 20.3. The lowest BCUT2D eigenvalue weighted by Crippen LogP contribution is -2.38. The van der Waals surface area contributed by atoms with Gasteiger partial charge in [0.25, 0.3) is 5.91 Å². The second-order valence-electron chi connectivity index (χ2n) is 7.56. The van der Waals surface area contributed by atoms with E-state index in [1.807, 2.05) is 12.1 Å². The number of nitrogens with zero attached hydrogens (tertiary/aromatic N) is 3. The van der Waals surface area contributed by atoms with Crippen molar-refractivity contribution in [3.63, 3.8) is 0 Å². The average Bonchev–Trinajstić information content (AvgIpc) is 3.15. The quantitative estimate of drug-likeness (QED) is 0.485. The van der Waals surface area contributed by atoms with Crippen molar-refractivity contribution >= 4 is 46.4 Å². The van der Waals surface area contributed by atoms with Crippen LogP contribution in [-0.2, 0) is 11.8 Å². The van der Waals surface area contributed by atoms with Crippen LogP contribution in [0.1, 0.15) is 10.4 Å². The van der Waals surface area contributed by atoms with Crippen molar-refractivity contribution in [1.29, 1.82) is 0 Å². The number of rotatable bonds is 7. The molecule has 1 fully saturated rings. The molecule has 1 saturated heterocycles. The van der Waals surface area contributed by atoms with Crippen molar-refractivity contribution in [2.45, 2.75) is 0 Å². The van der Waals surface area contributed by atoms with Gasteiger partial charge in [-0.1, -0.05) is 34.8 Å². The lowest BCUT2D eigenvalue weighted by atomic mass is 10.1. The van der Waals surface area contributed by atoms with Crippen molar-refractivity contribution in [1.82, 2.24) is 14.7 Å². The van der Waals surface area contributed by atoms with E-state index in [1.165, 1.54) is 6.07 Å². The number of aryl methyl sites for hydroxylation is 1. The Labute approximate surface area is 207 Å². The summed E-state index contributed by atoms with van der Waals surface area (Å²) in [7, 11) is 1.81. The lowest BCUT2D eigenvalue weighted by molar-refractivity contribution is 0.0323. The van der Waals surface area contributed by atoms with Gasteiger partial charge in [0.15, 0.2) is 0 Å². The molecule has 33 heavy (non-hydrogen) atoms. The van der Waals surface area contributed by atoms with Crippen LogP contribution in [0.2, 0.25) is 15.1 Å². The van der Waals surface area contributed by atoms with Gasteiger partial charge in [-0.25, -0.2) is 0 Å². The normalized spacial score (nSPS) is 14.3. The smallest absolute Gasteiger partial charge is 0.255 e. The van der Waals surface area contributed by atoms with Gasteiger partial charge in [-0.2, -0.15) is 5.10 Å². The molecular weight excluding hydrogens is 487 g/mol. The summed E-state index contributed by atoms with van der Waals surface area (Å²) >= 11 is 18.4. The number of amides is 1. The Morgan fingerprint density at radius 3 is 2.58 bits per heavy atom. The molecular formula is C23H23Cl3N4O3. The highest BCUT2D eigenvalue weighted by Gasteiger charge is 2.18. The molecule has 1 N–H and O–H groups in total. The first-order valence-electron chi connectivity index (χ1n) is 10.4. The maximum absolute atomic E-state index is 12.7. The number of benzene rings is 2. The van der Waals surface area contributed by atoms with E-state index in [9.17, 15) is 4.79 Å². The van der Waals surface area contributed by atoms with E-state index < -0.39 is 0 Å². The van der Waals surface area contributed by atoms with Crippen molar-refractivity contribution in [2.24, 2.45) is 7.05 Å². The Morgan fingerprint density at radius 1 is 1.09 bits per heavy atom. The van der Waals surface area contributed by atoms with E-state index in [0.717, 1.165) is 38.4 Å². The Hall–Kier alpha value is -2.29. The highest BCUT2D eigenvalue weighted by atomic mass is 35.5. The molecule has 0 aliphatic carbocycles. The molecule has 174 valence electrons. The fourth-order valence-corrected chi connectivity index (χ4v) is 4.15. The molecule has 7 nitrogen and oxygen atoms in total. The van der Waals surface area contributed by atoms with Gasteiger partial charge in [-0.05, 0) is 36.4 Å². The molecule has 1 aliphatic rings. The number of carbonyl (C=O) groups is 1. The second-order valence-corrected chi connectivity index (χ2v) is 8.78. The van der Waals surface area contributed by atoms with E-state index in [0.29, 0.717) is 44.4 Å². The largest absolute Gasteiger partial charge is 0.492 e. The topological polar surface area (TPSA) is 68.6 Å². The van der Waals surface area contributed by atoms with Crippen molar-refractivity contribution < 1.29 is 14.3 Å². The van der Waals surface area contributed by atoms with Gasteiger partial charge in [0.05, 0.1) is 40.2 Å². The fourth-order valence-electron chi connectivity index (χ4n) is 3.58. The van der Waals surface area contributed by atoms with Crippen LogP contribution in [0, 0.1) is 0 Å². The molecule has 0 spiro atoms. The average molecular weight is 510 g/mol. The van der Waals surface area contributed by atoms with E-state index in [1.54, 1.807) is 36.1 Å². The number of hydrogen-bond donors (Lipinski definition) is 1. The number of aromatic nitrogens is 2. The van der Waals surface area contributed by atoms with E-state index >= 15 is 0 Å². The minimum atomic E-state index is -0.309. The number of halogens is 3. The zero-order valence-electron chi connectivity index (χ0n) is 18.0. The first-order valence-corrected chi connectivity index (χ1v) is 11.6. The SMILES string of the molecule is Cn1ncc(Cl)c1-c1cc(NC(=O)c2ccc(Cl)c(Cl)c2)ccc1OCCN1CCOCC1. The Bertz CT molecular complexity index is 1130. The summed E-state index contributed by atoms with van der Waals surface area (Å²) in [4.78, 5) is 15.0. The molecule has 1 aromatic heterocycles. The summed E-state index contributed by atoms with van der Waals surface area (Å²) in [5.41, 5.74) is 2.41. The van der Waals surface area contributed by atoms with E-state index in [2.05, 4.69) is 15.3 Å². The molecule has 2 heterocycles. The summed E-state index contributed by atoms with van der Waals surface area (Å²) in [5, 5.41) is 8.32. The Kier molecular flexibility index (Phi) is 7.78. The van der Waals surface area contributed by atoms with Crippen LogP contribution in [0.25, 0.3) is 11.3 Å². The predicted octanol–water partition coefficient (Wildman–Crippen LogP) is 5.01. The maximum atomic E-state index is 12.7. The van der Waals surface area contributed by atoms with Crippen LogP contribution < -0.4 is 10.1 Å². The third kappa shape index (κ3) is 5.80. The summed E-state index contributed by atoms with van der Waals surface area (Å²) in [6, 6.07) is 10.2. The number of nitrogens with one attached hydrogen (secondary N) is 1. The predicted molar refractivity (Wildman–Crippen MR) is 131 cm³/mol. The van der Waals surface area contributed by atoms with Crippen LogP contribution in [0.15, 0.2) is 42.6 Å². The van der Waals surface area contributed by atoms with Crippen molar-refractivity contribution in [3.8, 4) is 17.0 Å². The van der Waals surface area contributed by atoms with Gasteiger partial charge >= 0.3 is 0 Å². The molecule has 0 bridgehead atoms. The molecule has 10 heteroatoms. The van der Waals surface area contributed by atoms with E-state index in [4.69, 9.17) is 44.3 Å². The molecule has 0 radical (unpaired) electrons. The van der Waals surface area contributed by atoms with Crippen LogP contribution in [-0.4, -0.2) is 60.0 Å². The molecule has 1 aliphatic heterocycles. The van der Waals surface area contributed by atoms with Crippen LogP contribution in [0.4, 0.5) is 5.69 Å². The molecule has 0 unspecified atom stereocenters. The maximum Gasteiger partial charge on any atom is 0.255 e. The third-order valence-corrected chi connectivity index (χ3v) is 6.35.